The molecule has 2 heteroatoms. The van der Waals surface area contributed by atoms with Gasteiger partial charge in [-0.25, -0.2) is 0 Å². The molecule has 0 amide bonds. The second-order valence-corrected chi connectivity index (χ2v) is 14.0. The van der Waals surface area contributed by atoms with Gasteiger partial charge in [0, 0.05) is 0 Å². The molecule has 2 N–H and O–H groups in total. The van der Waals surface area contributed by atoms with Crippen LogP contribution in [0.15, 0.2) is 0 Å². The van der Waals surface area contributed by atoms with Gasteiger partial charge in [-0.15, -0.1) is 0 Å². The second kappa shape index (κ2) is 8.54. The smallest absolute Gasteiger partial charge is 0.0648 e. The quantitative estimate of drug-likeness (QED) is 0.465. The molecule has 10 atom stereocenters. The first-order chi connectivity index (χ1) is 15.2. The summed E-state index contributed by atoms with van der Waals surface area (Å²) in [6.07, 6.45) is 19.0. The van der Waals surface area contributed by atoms with Crippen LogP contribution in [0.5, 0.6) is 0 Å². The summed E-state index contributed by atoms with van der Waals surface area (Å²) >= 11 is 0. The standard InChI is InChI=1S/C30H52O2/c1-5-30(32)17-16-28(3)22(19-30)10-11-23-25-13-12-24(29(25,4)15-14-26(23)28)20(2)27(31)18-21-8-6-7-9-21/h20-27,31-32H,5-19H2,1-4H3/t20-,22-,23-,24+,25-,26-,27+,28-,29+,30-/m0/s1. The van der Waals surface area contributed by atoms with Crippen LogP contribution in [0.3, 0.4) is 0 Å². The number of hydrogen-bond donors (Lipinski definition) is 2. The van der Waals surface area contributed by atoms with E-state index in [0.29, 0.717) is 22.7 Å². The largest absolute Gasteiger partial charge is 0.393 e. The number of aliphatic hydroxyl groups excluding tert-OH is 1. The molecule has 0 aliphatic heterocycles. The van der Waals surface area contributed by atoms with Crippen LogP contribution in [0.1, 0.15) is 124 Å². The Morgan fingerprint density at radius 2 is 1.56 bits per heavy atom. The zero-order valence-corrected chi connectivity index (χ0v) is 21.6. The molecule has 5 aliphatic rings. The highest BCUT2D eigenvalue weighted by Crippen LogP contribution is 2.69. The highest BCUT2D eigenvalue weighted by Gasteiger charge is 2.61. The molecule has 2 nitrogen and oxygen atoms in total. The van der Waals surface area contributed by atoms with Gasteiger partial charge in [-0.1, -0.05) is 53.4 Å². The van der Waals surface area contributed by atoms with Crippen molar-refractivity contribution in [3.8, 4) is 0 Å². The Morgan fingerprint density at radius 1 is 0.844 bits per heavy atom. The third kappa shape index (κ3) is 3.73. The van der Waals surface area contributed by atoms with Crippen LogP contribution >= 0.6 is 0 Å². The molecule has 184 valence electrons. The molecule has 0 saturated heterocycles. The number of hydrogen-bond acceptors (Lipinski definition) is 2. The Labute approximate surface area is 198 Å². The molecule has 0 bridgehead atoms. The zero-order valence-electron chi connectivity index (χ0n) is 21.6. The maximum atomic E-state index is 11.2. The lowest BCUT2D eigenvalue weighted by molar-refractivity contribution is -0.154. The Hall–Kier alpha value is -0.0800. The van der Waals surface area contributed by atoms with Crippen molar-refractivity contribution in [2.75, 3.05) is 0 Å². The van der Waals surface area contributed by atoms with Crippen molar-refractivity contribution < 1.29 is 10.2 Å². The Balaban J connectivity index is 1.29. The predicted octanol–water partition coefficient (Wildman–Crippen LogP) is 7.36. The van der Waals surface area contributed by atoms with Crippen molar-refractivity contribution in [1.82, 2.24) is 0 Å². The monoisotopic (exact) mass is 444 g/mol. The molecular formula is C30H52O2. The first-order valence-electron chi connectivity index (χ1n) is 14.6. The van der Waals surface area contributed by atoms with E-state index in [9.17, 15) is 10.2 Å². The first-order valence-corrected chi connectivity index (χ1v) is 14.6. The highest BCUT2D eigenvalue weighted by molar-refractivity contribution is 5.11. The second-order valence-electron chi connectivity index (χ2n) is 14.0. The van der Waals surface area contributed by atoms with E-state index in [-0.39, 0.29) is 11.7 Å². The molecule has 0 radical (unpaired) electrons. The number of aliphatic hydroxyl groups is 2. The molecule has 5 aliphatic carbocycles. The summed E-state index contributed by atoms with van der Waals surface area (Å²) < 4.78 is 0. The lowest BCUT2D eigenvalue weighted by atomic mass is 9.43. The Morgan fingerprint density at radius 3 is 2.28 bits per heavy atom. The molecule has 0 heterocycles. The Bertz CT molecular complexity index is 670. The molecule has 5 rings (SSSR count). The molecule has 5 saturated carbocycles. The molecule has 0 aromatic heterocycles. The lowest BCUT2D eigenvalue weighted by Crippen LogP contribution is -2.56. The topological polar surface area (TPSA) is 40.5 Å². The van der Waals surface area contributed by atoms with E-state index in [1.165, 1.54) is 70.6 Å². The van der Waals surface area contributed by atoms with Crippen molar-refractivity contribution in [2.24, 2.45) is 52.3 Å². The van der Waals surface area contributed by atoms with Gasteiger partial charge in [-0.05, 0) is 123 Å². The van der Waals surface area contributed by atoms with Crippen LogP contribution in [0, 0.1) is 52.3 Å². The van der Waals surface area contributed by atoms with E-state index >= 15 is 0 Å². The molecular weight excluding hydrogens is 392 g/mol. The van der Waals surface area contributed by atoms with Gasteiger partial charge >= 0.3 is 0 Å². The number of fused-ring (bicyclic) bond motifs is 5. The van der Waals surface area contributed by atoms with Gasteiger partial charge in [-0.3, -0.25) is 0 Å². The maximum Gasteiger partial charge on any atom is 0.0648 e. The predicted molar refractivity (Wildman–Crippen MR) is 132 cm³/mol. The summed E-state index contributed by atoms with van der Waals surface area (Å²) in [5.74, 6) is 5.34. The van der Waals surface area contributed by atoms with Crippen LogP contribution in [0.25, 0.3) is 0 Å². The van der Waals surface area contributed by atoms with Gasteiger partial charge in [0.05, 0.1) is 11.7 Å². The fraction of sp³-hybridized carbons (Fsp3) is 1.00. The van der Waals surface area contributed by atoms with Gasteiger partial charge in [0.1, 0.15) is 0 Å². The summed E-state index contributed by atoms with van der Waals surface area (Å²) in [5.41, 5.74) is 0.514. The fourth-order valence-corrected chi connectivity index (χ4v) is 10.6. The molecule has 5 fully saturated rings. The van der Waals surface area contributed by atoms with E-state index in [0.717, 1.165) is 55.3 Å². The fourth-order valence-electron chi connectivity index (χ4n) is 10.6. The average Bonchev–Trinajstić information content (AvgIpc) is 3.41. The minimum atomic E-state index is -0.385. The molecule has 0 unspecified atom stereocenters. The summed E-state index contributed by atoms with van der Waals surface area (Å²) in [6, 6.07) is 0. The lowest BCUT2D eigenvalue weighted by Gasteiger charge is -2.62. The zero-order chi connectivity index (χ0) is 22.7. The van der Waals surface area contributed by atoms with Crippen molar-refractivity contribution in [1.29, 1.82) is 0 Å². The summed E-state index contributed by atoms with van der Waals surface area (Å²) in [6.45, 7) is 9.83. The SMILES string of the molecule is CC[C@]1(O)CC[C@@]2(C)[C@@H](CC[C@@H]3[C@@H]2CC[C@]2(C)[C@@H]([C@H](C)[C@H](O)CC4CCCC4)CC[C@@H]32)C1. The van der Waals surface area contributed by atoms with Crippen molar-refractivity contribution in [2.45, 2.75) is 136 Å². The van der Waals surface area contributed by atoms with Gasteiger partial charge < -0.3 is 10.2 Å². The van der Waals surface area contributed by atoms with Crippen LogP contribution in [0.2, 0.25) is 0 Å². The van der Waals surface area contributed by atoms with E-state index < -0.39 is 0 Å². The van der Waals surface area contributed by atoms with E-state index in [1.54, 1.807) is 0 Å². The van der Waals surface area contributed by atoms with Crippen molar-refractivity contribution >= 4 is 0 Å². The van der Waals surface area contributed by atoms with E-state index in [1.807, 2.05) is 0 Å². The van der Waals surface area contributed by atoms with Gasteiger partial charge in [0.2, 0.25) is 0 Å². The highest BCUT2D eigenvalue weighted by atomic mass is 16.3. The van der Waals surface area contributed by atoms with Crippen LogP contribution in [-0.4, -0.2) is 21.9 Å². The third-order valence-electron chi connectivity index (χ3n) is 12.8. The van der Waals surface area contributed by atoms with Crippen molar-refractivity contribution in [3.63, 3.8) is 0 Å². The first kappa shape index (κ1) is 23.7. The maximum absolute atomic E-state index is 11.2. The van der Waals surface area contributed by atoms with Crippen LogP contribution in [0.4, 0.5) is 0 Å². The normalized spacial score (nSPS) is 51.0. The summed E-state index contributed by atoms with van der Waals surface area (Å²) in [5, 5.41) is 22.3. The molecule has 0 aromatic rings. The third-order valence-corrected chi connectivity index (χ3v) is 12.8. The molecule has 32 heavy (non-hydrogen) atoms. The van der Waals surface area contributed by atoms with Gasteiger partial charge in [0.25, 0.3) is 0 Å². The van der Waals surface area contributed by atoms with Crippen LogP contribution in [-0.2, 0) is 0 Å². The van der Waals surface area contributed by atoms with Crippen molar-refractivity contribution in [3.05, 3.63) is 0 Å². The van der Waals surface area contributed by atoms with Gasteiger partial charge in [-0.2, -0.15) is 0 Å². The van der Waals surface area contributed by atoms with Crippen LogP contribution < -0.4 is 0 Å². The molecule has 0 aromatic carbocycles. The summed E-state index contributed by atoms with van der Waals surface area (Å²) in [4.78, 5) is 0. The van der Waals surface area contributed by atoms with E-state index in [2.05, 4.69) is 27.7 Å². The average molecular weight is 445 g/mol. The minimum absolute atomic E-state index is 0.0882. The minimum Gasteiger partial charge on any atom is -0.393 e. The molecule has 0 spiro atoms. The summed E-state index contributed by atoms with van der Waals surface area (Å²) in [7, 11) is 0. The Kier molecular flexibility index (Phi) is 6.31. The van der Waals surface area contributed by atoms with E-state index in [4.69, 9.17) is 0 Å². The van der Waals surface area contributed by atoms with Gasteiger partial charge in [0.15, 0.2) is 0 Å². The number of rotatable bonds is 5.